The molecule has 2 rings (SSSR count). The zero-order valence-electron chi connectivity index (χ0n) is 16.9. The lowest BCUT2D eigenvalue weighted by molar-refractivity contribution is -0.441. The van der Waals surface area contributed by atoms with E-state index in [4.69, 9.17) is 9.31 Å². The van der Waals surface area contributed by atoms with Crippen molar-refractivity contribution >= 4 is 23.2 Å². The molecule has 0 unspecified atom stereocenters. The Morgan fingerprint density at radius 1 is 0.636 bits per heavy atom. The molecule has 1 aromatic heterocycles. The molecule has 0 aliphatic carbocycles. The minimum absolute atomic E-state index is 0.0923. The van der Waals surface area contributed by atoms with E-state index >= 15 is 0 Å². The summed E-state index contributed by atoms with van der Waals surface area (Å²) in [4.78, 5) is -2.02. The number of halogens is 13. The third-order valence-electron chi connectivity index (χ3n) is 5.36. The molecule has 0 saturated carbocycles. The van der Waals surface area contributed by atoms with Gasteiger partial charge in [-0.25, -0.2) is 0 Å². The first-order valence-corrected chi connectivity index (χ1v) is 9.51. The van der Waals surface area contributed by atoms with Crippen molar-refractivity contribution in [2.75, 3.05) is 0 Å². The molecule has 0 amide bonds. The van der Waals surface area contributed by atoms with Gasteiger partial charge in [0, 0.05) is 4.78 Å². The topological polar surface area (TPSA) is 18.5 Å². The third kappa shape index (κ3) is 3.81. The molecule has 0 radical (unpaired) electrons. The van der Waals surface area contributed by atoms with Crippen LogP contribution < -0.4 is 4.78 Å². The average Bonchev–Trinajstić information content (AvgIpc) is 3.16. The second-order valence-corrected chi connectivity index (χ2v) is 9.28. The zero-order chi connectivity index (χ0) is 26.3. The first-order chi connectivity index (χ1) is 14.3. The third-order valence-corrected chi connectivity index (χ3v) is 6.53. The monoisotopic (exact) mass is 528 g/mol. The van der Waals surface area contributed by atoms with Crippen LogP contribution in [-0.2, 0) is 15.2 Å². The SMILES string of the molecule is CC1(C)OB(c2ccc(C(F)(F)C(F)(F)C(F)(F)C(F)(F)C(F)(F)C(F)(F)F)s2)OC1(C)C. The van der Waals surface area contributed by atoms with Gasteiger partial charge >= 0.3 is 42.9 Å². The van der Waals surface area contributed by atoms with E-state index in [0.29, 0.717) is 6.07 Å². The van der Waals surface area contributed by atoms with Crippen molar-refractivity contribution < 1.29 is 66.4 Å². The molecule has 0 aromatic carbocycles. The Morgan fingerprint density at radius 3 is 1.42 bits per heavy atom. The summed E-state index contributed by atoms with van der Waals surface area (Å²) in [7, 11) is -1.48. The quantitative estimate of drug-likeness (QED) is 0.322. The molecule has 0 atom stereocenters. The van der Waals surface area contributed by atoms with Crippen LogP contribution in [0.3, 0.4) is 0 Å². The summed E-state index contributed by atoms with van der Waals surface area (Å²) in [6.45, 7) is 6.03. The van der Waals surface area contributed by atoms with Crippen molar-refractivity contribution in [1.29, 1.82) is 0 Å². The number of hydrogen-bond donors (Lipinski definition) is 0. The Labute approximate surface area is 182 Å². The molecule has 1 aromatic rings. The van der Waals surface area contributed by atoms with Gasteiger partial charge in [0.05, 0.1) is 16.1 Å². The van der Waals surface area contributed by atoms with E-state index in [1.54, 1.807) is 0 Å². The summed E-state index contributed by atoms with van der Waals surface area (Å²) in [5, 5.41) is 0. The van der Waals surface area contributed by atoms with Crippen molar-refractivity contribution in [2.24, 2.45) is 0 Å². The second kappa shape index (κ2) is 7.39. The van der Waals surface area contributed by atoms with E-state index in [-0.39, 0.29) is 17.4 Å². The minimum Gasteiger partial charge on any atom is -0.399 e. The second-order valence-electron chi connectivity index (χ2n) is 8.16. The minimum atomic E-state index is -7.93. The van der Waals surface area contributed by atoms with Crippen LogP contribution in [0.5, 0.6) is 0 Å². The van der Waals surface area contributed by atoms with E-state index in [2.05, 4.69) is 0 Å². The van der Waals surface area contributed by atoms with Crippen LogP contribution in [0, 0.1) is 0 Å². The number of alkyl halides is 13. The molecule has 0 bridgehead atoms. The predicted molar refractivity (Wildman–Crippen MR) is 89.8 cm³/mol. The Bertz CT molecular complexity index is 875. The molecule has 17 heteroatoms. The fraction of sp³-hybridized carbons (Fsp3) is 0.750. The first-order valence-electron chi connectivity index (χ1n) is 8.69. The van der Waals surface area contributed by atoms with Gasteiger partial charge in [-0.15, -0.1) is 11.3 Å². The highest BCUT2D eigenvalue weighted by atomic mass is 32.1. The fourth-order valence-corrected chi connectivity index (χ4v) is 3.51. The average molecular weight is 528 g/mol. The van der Waals surface area contributed by atoms with Gasteiger partial charge in [-0.05, 0) is 33.8 Å². The molecule has 2 nitrogen and oxygen atoms in total. The van der Waals surface area contributed by atoms with Crippen molar-refractivity contribution in [1.82, 2.24) is 0 Å². The number of hydrogen-bond acceptors (Lipinski definition) is 3. The van der Waals surface area contributed by atoms with Crippen molar-refractivity contribution in [3.05, 3.63) is 17.0 Å². The normalized spacial score (nSPS) is 20.5. The highest BCUT2D eigenvalue weighted by Gasteiger charge is 2.91. The van der Waals surface area contributed by atoms with E-state index < -0.39 is 63.8 Å². The Balaban J connectivity index is 2.47. The van der Waals surface area contributed by atoms with E-state index in [1.165, 1.54) is 27.7 Å². The number of rotatable bonds is 6. The smallest absolute Gasteiger partial charge is 0.399 e. The largest absolute Gasteiger partial charge is 0.505 e. The molecular formula is C16H14BF13O2S. The zero-order valence-corrected chi connectivity index (χ0v) is 17.7. The molecule has 2 heterocycles. The molecule has 0 N–H and O–H groups in total. The van der Waals surface area contributed by atoms with Gasteiger partial charge in [-0.2, -0.15) is 57.1 Å². The highest BCUT2D eigenvalue weighted by Crippen LogP contribution is 2.62. The Kier molecular flexibility index (Phi) is 6.27. The summed E-state index contributed by atoms with van der Waals surface area (Å²) < 4.78 is 183. The molecule has 33 heavy (non-hydrogen) atoms. The lowest BCUT2D eigenvalue weighted by atomic mass is 9.88. The molecule has 1 aliphatic rings. The van der Waals surface area contributed by atoms with Gasteiger partial charge in [0.25, 0.3) is 0 Å². The summed E-state index contributed by atoms with van der Waals surface area (Å²) in [6, 6.07) is 0.738. The maximum absolute atomic E-state index is 14.3. The summed E-state index contributed by atoms with van der Waals surface area (Å²) >= 11 is -0.363. The number of thiophene rings is 1. The van der Waals surface area contributed by atoms with Crippen LogP contribution in [0.2, 0.25) is 0 Å². The Hall–Kier alpha value is -1.23. The summed E-state index contributed by atoms with van der Waals surface area (Å²) in [6.07, 6.45) is -7.45. The van der Waals surface area contributed by atoms with E-state index in [9.17, 15) is 57.1 Å². The van der Waals surface area contributed by atoms with Crippen LogP contribution in [-0.4, -0.2) is 48.2 Å². The van der Waals surface area contributed by atoms with Gasteiger partial charge < -0.3 is 9.31 Å². The van der Waals surface area contributed by atoms with Crippen LogP contribution in [0.1, 0.15) is 32.6 Å². The summed E-state index contributed by atoms with van der Waals surface area (Å²) in [5.41, 5.74) is -2.13. The lowest BCUT2D eigenvalue weighted by Crippen LogP contribution is -2.69. The van der Waals surface area contributed by atoms with Gasteiger partial charge in [-0.3, -0.25) is 0 Å². The molecule has 1 saturated heterocycles. The van der Waals surface area contributed by atoms with Gasteiger partial charge in [0.15, 0.2) is 0 Å². The van der Waals surface area contributed by atoms with Gasteiger partial charge in [-0.1, -0.05) is 6.07 Å². The summed E-state index contributed by atoms with van der Waals surface area (Å²) in [5.74, 6) is -37.2. The molecular weight excluding hydrogens is 514 g/mol. The van der Waals surface area contributed by atoms with E-state index in [1.807, 2.05) is 0 Å². The molecule has 1 aliphatic heterocycles. The van der Waals surface area contributed by atoms with Crippen molar-refractivity contribution in [3.63, 3.8) is 0 Å². The fourth-order valence-electron chi connectivity index (χ4n) is 2.53. The predicted octanol–water partition coefficient (Wildman–Crippen LogP) is 6.24. The van der Waals surface area contributed by atoms with Crippen LogP contribution in [0.4, 0.5) is 57.1 Å². The highest BCUT2D eigenvalue weighted by molar-refractivity contribution is 7.22. The van der Waals surface area contributed by atoms with E-state index in [0.717, 1.165) is 0 Å². The maximum Gasteiger partial charge on any atom is 0.505 e. The van der Waals surface area contributed by atoms with Gasteiger partial charge in [0.2, 0.25) is 0 Å². The maximum atomic E-state index is 14.3. The molecule has 190 valence electrons. The standard InChI is InChI=1S/C16H14BF13O2S/c1-9(2)10(3,4)32-17(31-9)8-6-5-7(33-8)11(18,19)12(20,21)13(22,23)14(24,25)15(26,27)16(28,29)30/h5-6H,1-4H3. The van der Waals surface area contributed by atoms with Gasteiger partial charge in [0.1, 0.15) is 0 Å². The van der Waals surface area contributed by atoms with Crippen molar-refractivity contribution in [2.45, 2.75) is 74.7 Å². The van der Waals surface area contributed by atoms with Crippen LogP contribution in [0.25, 0.3) is 0 Å². The van der Waals surface area contributed by atoms with Crippen molar-refractivity contribution in [3.8, 4) is 0 Å². The lowest BCUT2D eigenvalue weighted by Gasteiger charge is -2.39. The first kappa shape index (κ1) is 28.0. The van der Waals surface area contributed by atoms with Crippen LogP contribution in [0.15, 0.2) is 12.1 Å². The molecule has 1 fully saturated rings. The molecule has 0 spiro atoms. The van der Waals surface area contributed by atoms with Crippen LogP contribution >= 0.6 is 11.3 Å². The Morgan fingerprint density at radius 2 is 1.03 bits per heavy atom.